The number of halogens is 2. The summed E-state index contributed by atoms with van der Waals surface area (Å²) >= 11 is 9.53. The lowest BCUT2D eigenvalue weighted by molar-refractivity contribution is -0.151. The fraction of sp³-hybridized carbons (Fsp3) is 0.163. The van der Waals surface area contributed by atoms with Crippen molar-refractivity contribution in [3.63, 3.8) is 0 Å². The van der Waals surface area contributed by atoms with Gasteiger partial charge >= 0.3 is 17.9 Å². The summed E-state index contributed by atoms with van der Waals surface area (Å²) in [5.41, 5.74) is 13.3. The molecule has 0 aromatic heterocycles. The third-order valence-corrected chi connectivity index (χ3v) is 16.8. The lowest BCUT2D eigenvalue weighted by Gasteiger charge is -2.37. The second kappa shape index (κ2) is 38.8. The lowest BCUT2D eigenvalue weighted by atomic mass is 9.76. The van der Waals surface area contributed by atoms with Crippen molar-refractivity contribution in [2.45, 2.75) is 69.0 Å². The molecule has 0 aliphatic heterocycles. The highest BCUT2D eigenvalue weighted by atomic mass is 35.5. The van der Waals surface area contributed by atoms with Gasteiger partial charge in [0.1, 0.15) is 35.9 Å². The standard InChI is InChI=1S/C31H29NO3.C30H28N2O3.C24H23NO3.CH2Cl2/c1-24(30(34)35-23-25-14-6-2-7-15-25)22-29(33)32-31(26-16-8-3-9-17-26,27-18-10-4-11-19-27)28-20-12-5-13-21-28;31-27(29(34)35-22-23-13-5-1-6-14-23)21-28(33)32-30(24-15-7-2-8-16-24,25-17-9-3-10-18-25)26-19-11-4-12-20-26;1-18(23(27)28)17-22(26)25-24(19-11-5-2-6-12-19,20-13-7-3-8-14-20)21-15-9-4-10-16-21;2-1-3/h2-21,24H,22-23H2,1H3,(H,32,33);1-20,27H,21-22,31H2,(H,32,33);2-16,18H,17H2,1H3,(H,25,26)(H,27,28);1H2/t24-;27-;18-;/m000./s1. The van der Waals surface area contributed by atoms with Gasteiger partial charge in [0.25, 0.3) is 0 Å². The minimum absolute atomic E-state index is 0.0157. The molecule has 3 atom stereocenters. The van der Waals surface area contributed by atoms with Crippen molar-refractivity contribution < 1.29 is 43.3 Å². The number of carboxylic acid groups (broad SMARTS) is 1. The van der Waals surface area contributed by atoms with E-state index >= 15 is 0 Å². The van der Waals surface area contributed by atoms with Crippen molar-refractivity contribution in [2.24, 2.45) is 17.6 Å². The van der Waals surface area contributed by atoms with Crippen LogP contribution >= 0.6 is 23.2 Å². The highest BCUT2D eigenvalue weighted by molar-refractivity contribution is 6.40. The first-order valence-electron chi connectivity index (χ1n) is 33.1. The van der Waals surface area contributed by atoms with Gasteiger partial charge in [0.2, 0.25) is 17.7 Å². The van der Waals surface area contributed by atoms with Crippen LogP contribution in [0.25, 0.3) is 0 Å². The molecule has 13 nitrogen and oxygen atoms in total. The number of carbonyl (C=O) groups excluding carboxylic acids is 5. The largest absolute Gasteiger partial charge is 0.481 e. The van der Waals surface area contributed by atoms with E-state index in [1.54, 1.807) is 6.92 Å². The topological polar surface area (TPSA) is 203 Å². The van der Waals surface area contributed by atoms with Gasteiger partial charge in [0, 0.05) is 12.8 Å². The number of alkyl halides is 2. The van der Waals surface area contributed by atoms with Crippen molar-refractivity contribution in [1.29, 1.82) is 0 Å². The van der Waals surface area contributed by atoms with Gasteiger partial charge in [-0.3, -0.25) is 28.8 Å². The molecule has 0 saturated heterocycles. The maximum atomic E-state index is 13.4. The average molecular weight is 1390 g/mol. The minimum Gasteiger partial charge on any atom is -0.481 e. The molecule has 0 radical (unpaired) electrons. The normalized spacial score (nSPS) is 11.8. The van der Waals surface area contributed by atoms with Crippen LogP contribution in [0.5, 0.6) is 0 Å². The molecule has 0 bridgehead atoms. The quantitative estimate of drug-likeness (QED) is 0.0208. The van der Waals surface area contributed by atoms with E-state index in [-0.39, 0.29) is 55.5 Å². The van der Waals surface area contributed by atoms with Crippen LogP contribution in [-0.4, -0.2) is 52.1 Å². The summed E-state index contributed by atoms with van der Waals surface area (Å²) in [6.45, 7) is 3.56. The predicted octanol–water partition coefficient (Wildman–Crippen LogP) is 16.0. The van der Waals surface area contributed by atoms with Gasteiger partial charge in [-0.25, -0.2) is 0 Å². The Kier molecular flexibility index (Phi) is 29.0. The van der Waals surface area contributed by atoms with Crippen LogP contribution in [-0.2, 0) is 68.1 Å². The Balaban J connectivity index is 0.000000190. The number of rotatable bonds is 25. The van der Waals surface area contributed by atoms with Gasteiger partial charge in [0.05, 0.1) is 23.6 Å². The van der Waals surface area contributed by atoms with E-state index in [9.17, 15) is 33.9 Å². The summed E-state index contributed by atoms with van der Waals surface area (Å²) in [6.07, 6.45) is -0.284. The molecule has 6 N–H and O–H groups in total. The smallest absolute Gasteiger partial charge is 0.323 e. The zero-order chi connectivity index (χ0) is 71.7. The van der Waals surface area contributed by atoms with Crippen LogP contribution in [0.4, 0.5) is 0 Å². The molecule has 0 aliphatic rings. The zero-order valence-corrected chi connectivity index (χ0v) is 57.8. The van der Waals surface area contributed by atoms with E-state index < -0.39 is 52.4 Å². The number of esters is 2. The van der Waals surface area contributed by atoms with Gasteiger partial charge in [-0.1, -0.05) is 347 Å². The third-order valence-electron chi connectivity index (χ3n) is 16.8. The van der Waals surface area contributed by atoms with Gasteiger partial charge in [-0.15, -0.1) is 23.2 Å². The lowest BCUT2D eigenvalue weighted by Crippen LogP contribution is -2.49. The third kappa shape index (κ3) is 20.7. The Labute approximate surface area is 601 Å². The molecule has 11 aromatic carbocycles. The molecule has 0 spiro atoms. The molecule has 0 heterocycles. The summed E-state index contributed by atoms with van der Waals surface area (Å²) in [5, 5.41) is 19.1. The number of nitrogens with two attached hydrogens (primary N) is 1. The summed E-state index contributed by atoms with van der Waals surface area (Å²) in [5.74, 6) is -4.25. The summed E-state index contributed by atoms with van der Waals surface area (Å²) in [7, 11) is 0. The first kappa shape index (κ1) is 75.6. The Morgan fingerprint density at radius 3 is 0.733 bits per heavy atom. The second-order valence-corrected chi connectivity index (χ2v) is 24.6. The first-order valence-corrected chi connectivity index (χ1v) is 34.2. The molecular weight excluding hydrogens is 1300 g/mol. The van der Waals surface area contributed by atoms with E-state index in [1.807, 2.05) is 334 Å². The van der Waals surface area contributed by atoms with E-state index in [1.165, 1.54) is 6.92 Å². The Morgan fingerprint density at radius 1 is 0.327 bits per heavy atom. The molecule has 0 unspecified atom stereocenters. The fourth-order valence-electron chi connectivity index (χ4n) is 11.8. The van der Waals surface area contributed by atoms with Crippen molar-refractivity contribution in [3.8, 4) is 0 Å². The zero-order valence-electron chi connectivity index (χ0n) is 56.3. The van der Waals surface area contributed by atoms with Crippen molar-refractivity contribution >= 4 is 58.8 Å². The minimum atomic E-state index is -1.08. The van der Waals surface area contributed by atoms with Gasteiger partial charge in [0.15, 0.2) is 0 Å². The number of ether oxygens (including phenoxy) is 2. The molecule has 0 aliphatic carbocycles. The summed E-state index contributed by atoms with van der Waals surface area (Å²) in [6, 6.07) is 106. The van der Waals surface area contributed by atoms with Crippen molar-refractivity contribution in [3.05, 3.63) is 395 Å². The number of carbonyl (C=O) groups is 6. The summed E-state index contributed by atoms with van der Waals surface area (Å²) < 4.78 is 10.8. The molecule has 0 saturated carbocycles. The maximum Gasteiger partial charge on any atom is 0.323 e. The van der Waals surface area contributed by atoms with Crippen molar-refractivity contribution in [1.82, 2.24) is 16.0 Å². The monoisotopic (exact) mass is 1380 g/mol. The van der Waals surface area contributed by atoms with E-state index in [0.717, 1.165) is 61.2 Å². The van der Waals surface area contributed by atoms with Crippen LogP contribution in [0.3, 0.4) is 0 Å². The summed E-state index contributed by atoms with van der Waals surface area (Å²) in [4.78, 5) is 76.1. The molecule has 0 fully saturated rings. The number of hydrogen-bond acceptors (Lipinski definition) is 9. The molecule has 3 amide bonds. The number of carboxylic acids is 1. The second-order valence-electron chi connectivity index (χ2n) is 23.8. The number of aliphatic carboxylic acids is 1. The van der Waals surface area contributed by atoms with Crippen LogP contribution in [0.1, 0.15) is 94.3 Å². The number of amides is 3. The van der Waals surface area contributed by atoms with Gasteiger partial charge in [-0.05, 0) is 61.2 Å². The fourth-order valence-corrected chi connectivity index (χ4v) is 11.8. The molecule has 11 rings (SSSR count). The number of benzene rings is 11. The van der Waals surface area contributed by atoms with E-state index in [4.69, 9.17) is 38.4 Å². The predicted molar refractivity (Wildman–Crippen MR) is 399 cm³/mol. The first-order chi connectivity index (χ1) is 49.1. The molecule has 15 heteroatoms. The Bertz CT molecular complexity index is 3800. The van der Waals surface area contributed by atoms with Gasteiger partial charge < -0.3 is 36.3 Å². The van der Waals surface area contributed by atoms with Crippen LogP contribution < -0.4 is 21.7 Å². The number of nitrogens with one attached hydrogen (secondary N) is 3. The van der Waals surface area contributed by atoms with Crippen molar-refractivity contribution in [2.75, 3.05) is 5.34 Å². The number of hydrogen-bond donors (Lipinski definition) is 5. The maximum absolute atomic E-state index is 13.4. The molecular formula is C86H82Cl2N4O9. The molecule has 11 aromatic rings. The van der Waals surface area contributed by atoms with E-state index in [0.29, 0.717) is 0 Å². The Morgan fingerprint density at radius 2 is 0.515 bits per heavy atom. The van der Waals surface area contributed by atoms with E-state index in [2.05, 4.69) is 16.0 Å². The van der Waals surface area contributed by atoms with Crippen LogP contribution in [0, 0.1) is 11.8 Å². The SMILES string of the molecule is C[C@@H](CC(=O)NC(c1ccccc1)(c1ccccc1)c1ccccc1)C(=O)O.C[C@@H](CC(=O)NC(c1ccccc1)(c1ccccc1)c1ccccc1)C(=O)OCc1ccccc1.ClCCl.N[C@@H](CC(=O)NC(c1ccccc1)(c1ccccc1)c1ccccc1)C(=O)OCc1ccccc1. The highest BCUT2D eigenvalue weighted by Crippen LogP contribution is 2.40. The molecule has 514 valence electrons. The average Bonchev–Trinajstić information content (AvgIpc) is 0.781. The van der Waals surface area contributed by atoms with Crippen LogP contribution in [0.2, 0.25) is 0 Å². The molecule has 101 heavy (non-hydrogen) atoms. The Hall–Kier alpha value is -11.2. The van der Waals surface area contributed by atoms with Gasteiger partial charge in [-0.2, -0.15) is 0 Å². The van der Waals surface area contributed by atoms with Crippen LogP contribution in [0.15, 0.2) is 334 Å². The highest BCUT2D eigenvalue weighted by Gasteiger charge is 2.41.